The minimum absolute atomic E-state index is 0. The Hall–Kier alpha value is -0.660. The van der Waals surface area contributed by atoms with Crippen LogP contribution in [0.1, 0.15) is 12.5 Å². The highest BCUT2D eigenvalue weighted by atomic mass is 35.5. The maximum Gasteiger partial charge on any atom is 0.243 e. The second kappa shape index (κ2) is 7.56. The van der Waals surface area contributed by atoms with Gasteiger partial charge in [-0.05, 0) is 38.7 Å². The Morgan fingerprint density at radius 2 is 1.90 bits per heavy atom. The number of halogens is 1. The number of benzene rings is 1. The summed E-state index contributed by atoms with van der Waals surface area (Å²) in [7, 11) is 0.610. The molecule has 1 aromatic rings. The van der Waals surface area contributed by atoms with E-state index in [4.69, 9.17) is 0 Å². The van der Waals surface area contributed by atoms with Crippen molar-refractivity contribution in [2.24, 2.45) is 0 Å². The summed E-state index contributed by atoms with van der Waals surface area (Å²) >= 11 is 0. The van der Waals surface area contributed by atoms with Gasteiger partial charge in [-0.25, -0.2) is 8.42 Å². The van der Waals surface area contributed by atoms with E-state index in [1.54, 1.807) is 16.4 Å². The third-order valence-electron chi connectivity index (χ3n) is 3.47. The van der Waals surface area contributed by atoms with Gasteiger partial charge in [-0.2, -0.15) is 4.31 Å². The van der Waals surface area contributed by atoms with E-state index in [-0.39, 0.29) is 18.4 Å². The summed E-state index contributed by atoms with van der Waals surface area (Å²) in [6.07, 6.45) is 0. The van der Waals surface area contributed by atoms with Crippen molar-refractivity contribution in [2.75, 3.05) is 33.7 Å². The van der Waals surface area contributed by atoms with Crippen LogP contribution in [0.2, 0.25) is 0 Å². The van der Waals surface area contributed by atoms with Crippen LogP contribution in [0.3, 0.4) is 0 Å². The Bertz CT molecular complexity index is 546. The fourth-order valence-corrected chi connectivity index (χ4v) is 4.08. The van der Waals surface area contributed by atoms with Crippen LogP contribution in [0.15, 0.2) is 29.2 Å². The zero-order valence-corrected chi connectivity index (χ0v) is 14.4. The summed E-state index contributed by atoms with van der Waals surface area (Å²) in [5.74, 6) is 0. The van der Waals surface area contributed by atoms with Gasteiger partial charge < -0.3 is 10.2 Å². The predicted molar refractivity (Wildman–Crippen MR) is 87.3 cm³/mol. The molecule has 1 aromatic carbocycles. The van der Waals surface area contributed by atoms with Crippen LogP contribution >= 0.6 is 12.4 Å². The number of nitrogens with zero attached hydrogens (tertiary/aromatic N) is 2. The Kier molecular flexibility index (Phi) is 6.62. The number of hydrogen-bond donors (Lipinski definition) is 1. The molecule has 0 spiro atoms. The van der Waals surface area contributed by atoms with E-state index in [2.05, 4.69) is 10.2 Å². The van der Waals surface area contributed by atoms with Gasteiger partial charge in [0.2, 0.25) is 10.0 Å². The van der Waals surface area contributed by atoms with Gasteiger partial charge in [-0.3, -0.25) is 0 Å². The summed E-state index contributed by atoms with van der Waals surface area (Å²) in [4.78, 5) is 2.44. The highest BCUT2D eigenvalue weighted by Gasteiger charge is 2.30. The first-order chi connectivity index (χ1) is 9.41. The van der Waals surface area contributed by atoms with E-state index in [0.717, 1.165) is 12.1 Å². The maximum atomic E-state index is 12.6. The molecule has 1 saturated heterocycles. The van der Waals surface area contributed by atoms with E-state index < -0.39 is 10.0 Å². The first kappa shape index (κ1) is 18.4. The molecule has 1 aliphatic heterocycles. The van der Waals surface area contributed by atoms with Gasteiger partial charge in [0.05, 0.1) is 4.90 Å². The zero-order valence-electron chi connectivity index (χ0n) is 12.7. The number of rotatable bonds is 4. The SMILES string of the molecule is CC1CNCCN1S(=O)(=O)c1ccc(CN(C)C)cc1.Cl. The monoisotopic (exact) mass is 333 g/mol. The molecular formula is C14H24ClN3O2S. The average molecular weight is 334 g/mol. The third-order valence-corrected chi connectivity index (χ3v) is 5.50. The highest BCUT2D eigenvalue weighted by molar-refractivity contribution is 7.89. The molecule has 7 heteroatoms. The summed E-state index contributed by atoms with van der Waals surface area (Å²) in [6.45, 7) is 4.69. The molecule has 0 amide bonds. The van der Waals surface area contributed by atoms with E-state index >= 15 is 0 Å². The van der Waals surface area contributed by atoms with E-state index in [1.807, 2.05) is 33.2 Å². The molecule has 1 fully saturated rings. The normalized spacial score (nSPS) is 20.3. The third kappa shape index (κ3) is 4.40. The first-order valence-electron chi connectivity index (χ1n) is 6.87. The second-order valence-corrected chi connectivity index (χ2v) is 7.44. The van der Waals surface area contributed by atoms with Crippen molar-refractivity contribution in [3.8, 4) is 0 Å². The number of sulfonamides is 1. The van der Waals surface area contributed by atoms with Crippen LogP contribution in [0.25, 0.3) is 0 Å². The first-order valence-corrected chi connectivity index (χ1v) is 8.31. The van der Waals surface area contributed by atoms with Crippen molar-refractivity contribution in [2.45, 2.75) is 24.4 Å². The molecule has 1 atom stereocenters. The van der Waals surface area contributed by atoms with Gasteiger partial charge in [0.25, 0.3) is 0 Å². The summed E-state index contributed by atoms with van der Waals surface area (Å²) < 4.78 is 26.8. The molecule has 1 unspecified atom stereocenters. The van der Waals surface area contributed by atoms with Gasteiger partial charge >= 0.3 is 0 Å². The smallest absolute Gasteiger partial charge is 0.243 e. The lowest BCUT2D eigenvalue weighted by molar-refractivity contribution is 0.284. The molecule has 1 aliphatic rings. The summed E-state index contributed by atoms with van der Waals surface area (Å²) in [5.41, 5.74) is 1.11. The minimum atomic E-state index is -3.38. The van der Waals surface area contributed by atoms with Crippen molar-refractivity contribution in [1.82, 2.24) is 14.5 Å². The van der Waals surface area contributed by atoms with Crippen LogP contribution in [-0.4, -0.2) is 57.4 Å². The molecule has 0 aliphatic carbocycles. The van der Waals surface area contributed by atoms with E-state index in [0.29, 0.717) is 24.5 Å². The van der Waals surface area contributed by atoms with Gasteiger partial charge in [0.15, 0.2) is 0 Å². The topological polar surface area (TPSA) is 52.7 Å². The maximum absolute atomic E-state index is 12.6. The lowest BCUT2D eigenvalue weighted by Crippen LogP contribution is -2.52. The molecule has 0 saturated carbocycles. The number of piperazine rings is 1. The molecule has 21 heavy (non-hydrogen) atoms. The summed E-state index contributed by atoms with van der Waals surface area (Å²) in [6, 6.07) is 7.20. The average Bonchev–Trinajstić information content (AvgIpc) is 2.39. The fraction of sp³-hybridized carbons (Fsp3) is 0.571. The summed E-state index contributed by atoms with van der Waals surface area (Å²) in [5, 5.41) is 3.21. The van der Waals surface area contributed by atoms with E-state index in [9.17, 15) is 8.42 Å². The molecular weight excluding hydrogens is 310 g/mol. The quantitative estimate of drug-likeness (QED) is 0.898. The molecule has 0 radical (unpaired) electrons. The van der Waals surface area contributed by atoms with Crippen LogP contribution < -0.4 is 5.32 Å². The van der Waals surface area contributed by atoms with Gasteiger partial charge in [-0.1, -0.05) is 12.1 Å². The Balaban J connectivity index is 0.00000220. The molecule has 0 aromatic heterocycles. The lowest BCUT2D eigenvalue weighted by atomic mass is 10.2. The van der Waals surface area contributed by atoms with Gasteiger partial charge in [0, 0.05) is 32.2 Å². The zero-order chi connectivity index (χ0) is 14.8. The Labute approximate surface area is 133 Å². The molecule has 5 nitrogen and oxygen atoms in total. The Morgan fingerprint density at radius 1 is 1.29 bits per heavy atom. The van der Waals surface area contributed by atoms with Crippen LogP contribution in [0.5, 0.6) is 0 Å². The Morgan fingerprint density at radius 3 is 2.43 bits per heavy atom. The number of nitrogens with one attached hydrogen (secondary N) is 1. The predicted octanol–water partition coefficient (Wildman–Crippen LogP) is 1.15. The fourth-order valence-electron chi connectivity index (χ4n) is 2.45. The van der Waals surface area contributed by atoms with Crippen molar-refractivity contribution in [1.29, 1.82) is 0 Å². The van der Waals surface area contributed by atoms with Gasteiger partial charge in [-0.15, -0.1) is 12.4 Å². The molecule has 1 N–H and O–H groups in total. The molecule has 2 rings (SSSR count). The second-order valence-electron chi connectivity index (χ2n) is 5.55. The minimum Gasteiger partial charge on any atom is -0.314 e. The standard InChI is InChI=1S/C14H23N3O2S.ClH/c1-12-10-15-8-9-17(12)20(18,19)14-6-4-13(5-7-14)11-16(2)3;/h4-7,12,15H,8-11H2,1-3H3;1H. The highest BCUT2D eigenvalue weighted by Crippen LogP contribution is 2.20. The molecule has 120 valence electrons. The van der Waals surface area contributed by atoms with Crippen molar-refractivity contribution in [3.05, 3.63) is 29.8 Å². The van der Waals surface area contributed by atoms with Crippen LogP contribution in [0, 0.1) is 0 Å². The van der Waals surface area contributed by atoms with E-state index in [1.165, 1.54) is 0 Å². The van der Waals surface area contributed by atoms with Gasteiger partial charge in [0.1, 0.15) is 0 Å². The van der Waals surface area contributed by atoms with Crippen molar-refractivity contribution in [3.63, 3.8) is 0 Å². The molecule has 0 bridgehead atoms. The van der Waals surface area contributed by atoms with Crippen molar-refractivity contribution < 1.29 is 8.42 Å². The van der Waals surface area contributed by atoms with Crippen LogP contribution in [-0.2, 0) is 16.6 Å². The molecule has 1 heterocycles. The largest absolute Gasteiger partial charge is 0.314 e. The van der Waals surface area contributed by atoms with Crippen LogP contribution in [0.4, 0.5) is 0 Å². The van der Waals surface area contributed by atoms with Crippen molar-refractivity contribution >= 4 is 22.4 Å². The number of hydrogen-bond acceptors (Lipinski definition) is 4. The lowest BCUT2D eigenvalue weighted by Gasteiger charge is -2.32.